The Morgan fingerprint density at radius 2 is 1.78 bits per heavy atom. The molecule has 168 valence electrons. The second kappa shape index (κ2) is 8.13. The Balaban J connectivity index is 1.21. The molecule has 1 saturated carbocycles. The van der Waals surface area contributed by atoms with Crippen LogP contribution in [0.1, 0.15) is 33.0 Å². The Labute approximate surface area is 191 Å². The fraction of sp³-hybridized carbons (Fsp3) is 0.391. The van der Waals surface area contributed by atoms with Crippen molar-refractivity contribution in [2.24, 2.45) is 11.8 Å². The minimum absolute atomic E-state index is 0.0347. The van der Waals surface area contributed by atoms with Gasteiger partial charge in [-0.25, -0.2) is 8.42 Å². The Morgan fingerprint density at radius 3 is 2.44 bits per heavy atom. The van der Waals surface area contributed by atoms with Crippen molar-refractivity contribution in [1.82, 2.24) is 9.62 Å². The molecule has 1 saturated heterocycles. The van der Waals surface area contributed by atoms with Gasteiger partial charge < -0.3 is 10.6 Å². The molecule has 2 amide bonds. The van der Waals surface area contributed by atoms with E-state index in [1.165, 1.54) is 45.8 Å². The van der Waals surface area contributed by atoms with Gasteiger partial charge >= 0.3 is 0 Å². The molecule has 2 N–H and O–H groups in total. The van der Waals surface area contributed by atoms with Crippen LogP contribution in [0.5, 0.6) is 0 Å². The average Bonchev–Trinajstić information content (AvgIpc) is 3.16. The smallest absolute Gasteiger partial charge is 0.265 e. The second-order valence-electron chi connectivity index (χ2n) is 8.63. The molecule has 2 heterocycles. The molecule has 2 aliphatic carbocycles. The Kier molecular flexibility index (Phi) is 5.43. The molecule has 2 unspecified atom stereocenters. The topological polar surface area (TPSA) is 95.6 Å². The number of thiophene rings is 1. The zero-order valence-corrected chi connectivity index (χ0v) is 19.2. The summed E-state index contributed by atoms with van der Waals surface area (Å²) in [5, 5.41) is 5.73. The van der Waals surface area contributed by atoms with Crippen molar-refractivity contribution in [2.45, 2.75) is 36.6 Å². The summed E-state index contributed by atoms with van der Waals surface area (Å²) < 4.78 is 27.5. The Morgan fingerprint density at radius 1 is 1.09 bits per heavy atom. The highest BCUT2D eigenvalue weighted by Crippen LogP contribution is 2.47. The quantitative estimate of drug-likeness (QED) is 0.634. The molecule has 2 aromatic rings. The molecule has 3 aliphatic rings. The molecule has 9 heteroatoms. The molecule has 1 aromatic heterocycles. The summed E-state index contributed by atoms with van der Waals surface area (Å²) in [4.78, 5) is 26.3. The van der Waals surface area contributed by atoms with Crippen LogP contribution in [0.4, 0.5) is 5.69 Å². The molecule has 32 heavy (non-hydrogen) atoms. The molecular weight excluding hydrogens is 446 g/mol. The molecule has 1 aromatic carbocycles. The van der Waals surface area contributed by atoms with E-state index < -0.39 is 10.0 Å². The molecule has 5 rings (SSSR count). The third-order valence-corrected chi connectivity index (χ3v) is 9.71. The average molecular weight is 472 g/mol. The lowest BCUT2D eigenvalue weighted by Crippen LogP contribution is -2.36. The highest BCUT2D eigenvalue weighted by molar-refractivity contribution is 7.89. The van der Waals surface area contributed by atoms with Gasteiger partial charge in [-0.3, -0.25) is 9.59 Å². The van der Waals surface area contributed by atoms with Crippen molar-refractivity contribution in [1.29, 1.82) is 0 Å². The number of rotatable bonds is 6. The van der Waals surface area contributed by atoms with Crippen molar-refractivity contribution in [3.05, 3.63) is 58.3 Å². The lowest BCUT2D eigenvalue weighted by atomic mass is 9.99. The fourth-order valence-electron chi connectivity index (χ4n) is 4.78. The normalized spacial score (nSPS) is 24.3. The van der Waals surface area contributed by atoms with Gasteiger partial charge in [0.25, 0.3) is 5.91 Å². The van der Waals surface area contributed by atoms with Gasteiger partial charge in [-0.05, 0) is 79.5 Å². The first-order valence-electron chi connectivity index (χ1n) is 10.8. The lowest BCUT2D eigenvalue weighted by Gasteiger charge is -2.20. The van der Waals surface area contributed by atoms with Gasteiger partial charge in [0.2, 0.25) is 15.9 Å². The number of sulfonamides is 1. The zero-order chi connectivity index (χ0) is 22.5. The van der Waals surface area contributed by atoms with E-state index >= 15 is 0 Å². The van der Waals surface area contributed by atoms with Crippen LogP contribution >= 0.6 is 11.3 Å². The van der Waals surface area contributed by atoms with Gasteiger partial charge in [0, 0.05) is 29.7 Å². The molecule has 2 atom stereocenters. The second-order valence-corrected chi connectivity index (χ2v) is 11.7. The number of amides is 2. The van der Waals surface area contributed by atoms with Crippen LogP contribution in [-0.2, 0) is 27.7 Å². The number of anilines is 1. The van der Waals surface area contributed by atoms with Gasteiger partial charge in [-0.1, -0.05) is 6.58 Å². The van der Waals surface area contributed by atoms with E-state index in [2.05, 4.69) is 17.2 Å². The monoisotopic (exact) mass is 471 g/mol. The third kappa shape index (κ3) is 3.89. The van der Waals surface area contributed by atoms with Crippen molar-refractivity contribution < 1.29 is 18.0 Å². The number of hydrogen-bond acceptors (Lipinski definition) is 5. The van der Waals surface area contributed by atoms with Gasteiger partial charge in [0.1, 0.15) is 0 Å². The summed E-state index contributed by atoms with van der Waals surface area (Å²) in [6.07, 6.45) is 5.65. The first-order valence-corrected chi connectivity index (χ1v) is 13.1. The zero-order valence-electron chi connectivity index (χ0n) is 17.5. The number of nitrogens with zero attached hydrogens (tertiary/aromatic N) is 1. The van der Waals surface area contributed by atoms with Crippen LogP contribution in [0.2, 0.25) is 0 Å². The predicted molar refractivity (Wildman–Crippen MR) is 123 cm³/mol. The molecular formula is C23H25N3O4S2. The highest BCUT2D eigenvalue weighted by atomic mass is 32.2. The summed E-state index contributed by atoms with van der Waals surface area (Å²) in [7, 11) is -3.61. The van der Waals surface area contributed by atoms with E-state index in [-0.39, 0.29) is 34.6 Å². The first-order chi connectivity index (χ1) is 15.4. The molecule has 1 aliphatic heterocycles. The number of piperidine rings is 1. The number of fused-ring (bicyclic) bond motifs is 2. The van der Waals surface area contributed by atoms with Crippen LogP contribution < -0.4 is 10.6 Å². The molecule has 0 radical (unpaired) electrons. The van der Waals surface area contributed by atoms with Crippen LogP contribution in [0, 0.1) is 11.8 Å². The van der Waals surface area contributed by atoms with E-state index in [4.69, 9.17) is 0 Å². The van der Waals surface area contributed by atoms with Crippen LogP contribution in [-0.4, -0.2) is 43.7 Å². The highest BCUT2D eigenvalue weighted by Gasteiger charge is 2.58. The summed E-state index contributed by atoms with van der Waals surface area (Å²) >= 11 is 1.55. The largest absolute Gasteiger partial charge is 0.349 e. The number of benzene rings is 1. The van der Waals surface area contributed by atoms with E-state index in [0.29, 0.717) is 23.7 Å². The number of carbonyl (C=O) groups is 2. The van der Waals surface area contributed by atoms with E-state index in [9.17, 15) is 18.0 Å². The molecule has 2 fully saturated rings. The maximum atomic E-state index is 13.0. The minimum atomic E-state index is -3.61. The molecule has 0 spiro atoms. The fourth-order valence-corrected chi connectivity index (χ4v) is 7.44. The lowest BCUT2D eigenvalue weighted by molar-refractivity contribution is -0.116. The number of nitrogens with one attached hydrogen (secondary N) is 2. The van der Waals surface area contributed by atoms with Gasteiger partial charge in [-0.15, -0.1) is 11.3 Å². The van der Waals surface area contributed by atoms with Crippen molar-refractivity contribution in [2.75, 3.05) is 18.4 Å². The molecule has 7 nitrogen and oxygen atoms in total. The van der Waals surface area contributed by atoms with Crippen LogP contribution in [0.3, 0.4) is 0 Å². The minimum Gasteiger partial charge on any atom is -0.349 e. The van der Waals surface area contributed by atoms with Gasteiger partial charge in [0.05, 0.1) is 9.77 Å². The summed E-state index contributed by atoms with van der Waals surface area (Å²) in [6, 6.07) is 8.34. The van der Waals surface area contributed by atoms with Crippen LogP contribution in [0.15, 0.2) is 47.9 Å². The summed E-state index contributed by atoms with van der Waals surface area (Å²) in [5.41, 5.74) is 1.85. The van der Waals surface area contributed by atoms with Gasteiger partial charge in [-0.2, -0.15) is 4.31 Å². The third-order valence-electron chi connectivity index (χ3n) is 6.63. The standard InChI is InChI=1S/C23H25N3O4S2/c1-2-21(27)25-22-17-12-26(13-18(17)22)32(29,30)16-9-7-15(8-10-16)24-23(28)20-11-14-5-3-4-6-19(14)31-20/h2,7-11,17-18,22H,1,3-6,12-13H2,(H,24,28)(H,25,27). The maximum absolute atomic E-state index is 13.0. The van der Waals surface area contributed by atoms with Crippen LogP contribution in [0.25, 0.3) is 0 Å². The van der Waals surface area contributed by atoms with E-state index in [1.807, 2.05) is 6.07 Å². The van der Waals surface area contributed by atoms with Crippen molar-refractivity contribution in [3.63, 3.8) is 0 Å². The van der Waals surface area contributed by atoms with Crippen molar-refractivity contribution >= 4 is 38.9 Å². The predicted octanol–water partition coefficient (Wildman–Crippen LogP) is 2.80. The molecule has 0 bridgehead atoms. The van der Waals surface area contributed by atoms with Gasteiger partial charge in [0.15, 0.2) is 0 Å². The Bertz CT molecular complexity index is 1150. The Hall–Kier alpha value is -2.49. The summed E-state index contributed by atoms with van der Waals surface area (Å²) in [5.74, 6) is -0.0703. The number of carbonyl (C=O) groups excluding carboxylic acids is 2. The maximum Gasteiger partial charge on any atom is 0.265 e. The van der Waals surface area contributed by atoms with Crippen molar-refractivity contribution in [3.8, 4) is 0 Å². The number of hydrogen-bond donors (Lipinski definition) is 2. The van der Waals surface area contributed by atoms with E-state index in [0.717, 1.165) is 12.8 Å². The SMILES string of the molecule is C=CC(=O)NC1C2CN(S(=O)(=O)c3ccc(NC(=O)c4cc5c(s4)CCCC5)cc3)CC21. The number of aryl methyl sites for hydroxylation is 2. The van der Waals surface area contributed by atoms with E-state index in [1.54, 1.807) is 23.5 Å². The first kappa shape index (κ1) is 21.4. The summed E-state index contributed by atoms with van der Waals surface area (Å²) in [6.45, 7) is 4.24.